The summed E-state index contributed by atoms with van der Waals surface area (Å²) in [5.74, 6) is 4.78. The van der Waals surface area contributed by atoms with Gasteiger partial charge in [-0.2, -0.15) is 5.84 Å². The van der Waals surface area contributed by atoms with Gasteiger partial charge in [-0.05, 0) is 17.3 Å². The molecule has 0 spiro atoms. The highest BCUT2D eigenvalue weighted by Crippen LogP contribution is 1.36. The molecule has 0 aromatic rings. The molecule has 0 rings (SSSR count). The molecule has 0 aliphatic rings. The Balaban J connectivity index is -0.0000000300. The molecule has 0 heterocycles. The number of nitrogens with zero attached hydrogens (tertiary/aromatic N) is 1. The summed E-state index contributed by atoms with van der Waals surface area (Å²) in [4.78, 5) is 0.750. The molecule has 0 fully saturated rings. The summed E-state index contributed by atoms with van der Waals surface area (Å²) in [5, 5.41) is 6.28. The number of hydrogen-bond donors (Lipinski definition) is 4. The average molecular weight is 150 g/mol. The van der Waals surface area contributed by atoms with E-state index in [0.717, 1.165) is 4.81 Å². The maximum absolute atomic E-state index is 6.28. The highest BCUT2D eigenvalue weighted by Gasteiger charge is 1.58. The monoisotopic (exact) mass is 150 g/mol. The molecular formula is C5H20N5+. The molecule has 6 N–H and O–H groups in total. The standard InChI is InChI=1S/C2H6N2.CH6N3.2CH4/c1-2(3)4;1-4(2)3;;/h1H3,(H3,3,4);1H3,(H3,2,3);2*1H4/q;+1;;. The van der Waals surface area contributed by atoms with Crippen molar-refractivity contribution in [3.63, 3.8) is 0 Å². The van der Waals surface area contributed by atoms with Crippen LogP contribution in [0.3, 0.4) is 0 Å². The smallest absolute Gasteiger partial charge is 0.189 e. The molecule has 0 aromatic carbocycles. The third-order valence-corrected chi connectivity index (χ3v) is 0. The Kier molecular flexibility index (Phi) is 36.3. The molecule has 0 saturated heterocycles. The fourth-order valence-corrected chi connectivity index (χ4v) is 0. The van der Waals surface area contributed by atoms with E-state index in [1.165, 1.54) is 14.0 Å². The van der Waals surface area contributed by atoms with Crippen molar-refractivity contribution >= 4 is 5.84 Å². The second kappa shape index (κ2) is 15.7. The number of amidine groups is 1. The zero-order chi connectivity index (χ0) is 7.15. The third kappa shape index (κ3) is 185. The van der Waals surface area contributed by atoms with Gasteiger partial charge in [0.2, 0.25) is 0 Å². The molecule has 64 valence electrons. The number of nitrogens with two attached hydrogens (primary N) is 2. The van der Waals surface area contributed by atoms with Crippen LogP contribution < -0.4 is 11.6 Å². The fourth-order valence-electron chi connectivity index (χ4n) is 0. The summed E-state index contributed by atoms with van der Waals surface area (Å²) in [5.41, 5.74) is 10.9. The summed E-state index contributed by atoms with van der Waals surface area (Å²) < 4.78 is 0. The van der Waals surface area contributed by atoms with Crippen molar-refractivity contribution in [2.75, 3.05) is 7.05 Å². The maximum atomic E-state index is 6.28. The SMILES string of the molecule is C.C.CC(=N)N.C[N+](=N)N. The molecule has 0 aliphatic heterocycles. The van der Waals surface area contributed by atoms with Crippen LogP contribution in [0.4, 0.5) is 0 Å². The normalized spacial score (nSPS) is 5.00. The van der Waals surface area contributed by atoms with Gasteiger partial charge < -0.3 is 5.73 Å². The predicted molar refractivity (Wildman–Crippen MR) is 44.1 cm³/mol. The van der Waals surface area contributed by atoms with E-state index >= 15 is 0 Å². The van der Waals surface area contributed by atoms with Gasteiger partial charge in [-0.1, -0.05) is 14.9 Å². The predicted octanol–water partition coefficient (Wildman–Crippen LogP) is 0.748. The minimum Gasteiger partial charge on any atom is -0.388 e. The second-order valence-corrected chi connectivity index (χ2v) is 1.29. The summed E-state index contributed by atoms with van der Waals surface area (Å²) in [6, 6.07) is 0. The molecule has 0 amide bonds. The molecule has 0 aromatic heterocycles. The van der Waals surface area contributed by atoms with Crippen LogP contribution in [0.2, 0.25) is 0 Å². The topological polar surface area (TPSA) is 103 Å². The van der Waals surface area contributed by atoms with Crippen molar-refractivity contribution in [1.29, 1.82) is 10.9 Å². The van der Waals surface area contributed by atoms with E-state index in [-0.39, 0.29) is 20.7 Å². The number of hydrazine groups is 1. The Hall–Kier alpha value is -1.13. The van der Waals surface area contributed by atoms with Gasteiger partial charge in [0.1, 0.15) is 0 Å². The molecule has 0 unspecified atom stereocenters. The Morgan fingerprint density at radius 1 is 1.40 bits per heavy atom. The van der Waals surface area contributed by atoms with Crippen LogP contribution in [0, 0.1) is 10.9 Å². The lowest BCUT2D eigenvalue weighted by molar-refractivity contribution is -0.599. The van der Waals surface area contributed by atoms with Crippen LogP contribution in [-0.4, -0.2) is 17.7 Å². The lowest BCUT2D eigenvalue weighted by Crippen LogP contribution is -2.06. The minimum absolute atomic E-state index is 0. The first-order chi connectivity index (χ1) is 3.46. The first-order valence-corrected chi connectivity index (χ1v) is 1.97. The van der Waals surface area contributed by atoms with Crippen LogP contribution in [0.1, 0.15) is 21.8 Å². The maximum Gasteiger partial charge on any atom is 0.189 e. The number of rotatable bonds is 0. The van der Waals surface area contributed by atoms with Crippen LogP contribution in [-0.2, 0) is 0 Å². The zero-order valence-electron chi connectivity index (χ0n) is 5.10. The lowest BCUT2D eigenvalue weighted by atomic mass is 10.8. The van der Waals surface area contributed by atoms with Crippen LogP contribution in [0.25, 0.3) is 0 Å². The van der Waals surface area contributed by atoms with Gasteiger partial charge in [0.05, 0.1) is 5.84 Å². The molecular weight excluding hydrogens is 130 g/mol. The van der Waals surface area contributed by atoms with Crippen LogP contribution in [0.15, 0.2) is 0 Å². The quantitative estimate of drug-likeness (QED) is 0.102. The highest BCUT2D eigenvalue weighted by molar-refractivity contribution is 5.73. The molecule has 0 saturated carbocycles. The number of hydrogen-bond acceptors (Lipinski definition) is 2. The van der Waals surface area contributed by atoms with Gasteiger partial charge in [0.25, 0.3) is 0 Å². The van der Waals surface area contributed by atoms with Gasteiger partial charge in [-0.15, -0.1) is 0 Å². The van der Waals surface area contributed by atoms with E-state index in [4.69, 9.17) is 16.7 Å². The van der Waals surface area contributed by atoms with E-state index < -0.39 is 0 Å². The molecule has 0 atom stereocenters. The Morgan fingerprint density at radius 3 is 1.40 bits per heavy atom. The van der Waals surface area contributed by atoms with Gasteiger partial charge in [-0.25, -0.2) is 0 Å². The fraction of sp³-hybridized carbons (Fsp3) is 0.800. The van der Waals surface area contributed by atoms with Crippen molar-refractivity contribution in [2.45, 2.75) is 21.8 Å². The van der Waals surface area contributed by atoms with E-state index in [2.05, 4.69) is 5.84 Å². The summed E-state index contributed by atoms with van der Waals surface area (Å²) in [7, 11) is 1.44. The molecule has 0 bridgehead atoms. The average Bonchev–Trinajstić information content (AvgIpc) is 1.25. The van der Waals surface area contributed by atoms with Gasteiger partial charge in [0.15, 0.2) is 7.05 Å². The van der Waals surface area contributed by atoms with Crippen molar-refractivity contribution < 1.29 is 4.81 Å². The molecule has 5 nitrogen and oxygen atoms in total. The Labute approximate surface area is 63.0 Å². The van der Waals surface area contributed by atoms with Crippen molar-refractivity contribution in [3.05, 3.63) is 0 Å². The van der Waals surface area contributed by atoms with Crippen molar-refractivity contribution in [2.24, 2.45) is 11.6 Å². The second-order valence-electron chi connectivity index (χ2n) is 1.29. The lowest BCUT2D eigenvalue weighted by Gasteiger charge is -1.66. The van der Waals surface area contributed by atoms with E-state index in [9.17, 15) is 0 Å². The van der Waals surface area contributed by atoms with Gasteiger partial charge >= 0.3 is 0 Å². The van der Waals surface area contributed by atoms with Gasteiger partial charge in [0, 0.05) is 0 Å². The number of nitrogens with one attached hydrogen (secondary N) is 2. The largest absolute Gasteiger partial charge is 0.388 e. The van der Waals surface area contributed by atoms with Crippen LogP contribution in [0.5, 0.6) is 0 Å². The summed E-state index contributed by atoms with van der Waals surface area (Å²) in [6.07, 6.45) is 0. The summed E-state index contributed by atoms with van der Waals surface area (Å²) >= 11 is 0. The minimum atomic E-state index is 0. The first-order valence-electron chi connectivity index (χ1n) is 1.97. The first kappa shape index (κ1) is 23.2. The molecule has 10 heavy (non-hydrogen) atoms. The Morgan fingerprint density at radius 2 is 1.40 bits per heavy atom. The molecule has 0 radical (unpaired) electrons. The van der Waals surface area contributed by atoms with Gasteiger partial charge in [-0.3, -0.25) is 5.41 Å². The van der Waals surface area contributed by atoms with E-state index in [1.54, 1.807) is 0 Å². The third-order valence-electron chi connectivity index (χ3n) is 0. The molecule has 0 aliphatic carbocycles. The molecule has 5 heteroatoms. The zero-order valence-corrected chi connectivity index (χ0v) is 5.10. The highest BCUT2D eigenvalue weighted by atomic mass is 15.4. The van der Waals surface area contributed by atoms with Crippen molar-refractivity contribution in [3.8, 4) is 0 Å². The summed E-state index contributed by atoms with van der Waals surface area (Å²) in [6.45, 7) is 1.53. The van der Waals surface area contributed by atoms with E-state index in [1.807, 2.05) is 0 Å². The van der Waals surface area contributed by atoms with Crippen LogP contribution >= 0.6 is 0 Å². The Bertz CT molecular complexity index is 68.0. The van der Waals surface area contributed by atoms with E-state index in [0.29, 0.717) is 0 Å². The van der Waals surface area contributed by atoms with Crippen molar-refractivity contribution in [1.82, 2.24) is 0 Å².